The molecule has 0 aliphatic heterocycles. The van der Waals surface area contributed by atoms with Crippen LogP contribution in [0.25, 0.3) is 0 Å². The second-order valence-electron chi connectivity index (χ2n) is 7.86. The first-order valence-corrected chi connectivity index (χ1v) is 14.9. The first kappa shape index (κ1) is 27.2. The lowest BCUT2D eigenvalue weighted by Gasteiger charge is -2.10. The van der Waals surface area contributed by atoms with Gasteiger partial charge < -0.3 is 0 Å². The van der Waals surface area contributed by atoms with Crippen LogP contribution < -0.4 is 0 Å². The van der Waals surface area contributed by atoms with Crippen LogP contribution in [0.5, 0.6) is 0 Å². The lowest BCUT2D eigenvalue weighted by molar-refractivity contribution is 0.233. The van der Waals surface area contributed by atoms with Crippen molar-refractivity contribution >= 4 is 21.3 Å². The van der Waals surface area contributed by atoms with E-state index in [2.05, 4.69) is 6.92 Å². The van der Waals surface area contributed by atoms with Crippen LogP contribution in [0.4, 0.5) is 0 Å². The SMILES string of the molecule is CCCCCCCCCCCCCCCCCCOS(=O)(=O)OC[SH](C)C. The molecule has 0 amide bonds. The summed E-state index contributed by atoms with van der Waals surface area (Å²) in [6.07, 6.45) is 24.8. The van der Waals surface area contributed by atoms with Crippen molar-refractivity contribution in [2.75, 3.05) is 25.1 Å². The molecule has 0 aliphatic rings. The molecule has 0 atom stereocenters. The van der Waals surface area contributed by atoms with E-state index in [-0.39, 0.29) is 23.4 Å². The first-order chi connectivity index (χ1) is 13.0. The monoisotopic (exact) mass is 426 g/mol. The van der Waals surface area contributed by atoms with Crippen LogP contribution in [-0.2, 0) is 18.8 Å². The molecule has 27 heavy (non-hydrogen) atoms. The van der Waals surface area contributed by atoms with Crippen molar-refractivity contribution in [3.05, 3.63) is 0 Å². The summed E-state index contributed by atoms with van der Waals surface area (Å²) in [7, 11) is -4.17. The van der Waals surface area contributed by atoms with Crippen molar-refractivity contribution in [2.24, 2.45) is 0 Å². The predicted molar refractivity (Wildman–Crippen MR) is 121 cm³/mol. The van der Waals surface area contributed by atoms with Crippen LogP contribution in [0.2, 0.25) is 0 Å². The zero-order valence-electron chi connectivity index (χ0n) is 18.2. The molecule has 0 heterocycles. The summed E-state index contributed by atoms with van der Waals surface area (Å²) in [6.45, 7) is 2.51. The highest BCUT2D eigenvalue weighted by Gasteiger charge is 2.11. The van der Waals surface area contributed by atoms with E-state index in [9.17, 15) is 8.42 Å². The molecule has 0 aliphatic carbocycles. The number of unbranched alkanes of at least 4 members (excludes halogenated alkanes) is 15. The van der Waals surface area contributed by atoms with E-state index >= 15 is 0 Å². The molecular formula is C21H46O4S2. The Morgan fingerprint density at radius 1 is 0.593 bits per heavy atom. The molecule has 0 aromatic heterocycles. The third kappa shape index (κ3) is 22.4. The molecule has 0 saturated carbocycles. The topological polar surface area (TPSA) is 52.6 Å². The minimum absolute atomic E-state index is 0.242. The fourth-order valence-corrected chi connectivity index (χ4v) is 4.76. The quantitative estimate of drug-likeness (QED) is 0.163. The van der Waals surface area contributed by atoms with Gasteiger partial charge in [-0.1, -0.05) is 103 Å². The molecular weight excluding hydrogens is 380 g/mol. The van der Waals surface area contributed by atoms with Gasteiger partial charge in [0.25, 0.3) is 0 Å². The highest BCUT2D eigenvalue weighted by molar-refractivity contribution is 8.15. The fourth-order valence-electron chi connectivity index (χ4n) is 3.02. The molecule has 0 N–H and O–H groups in total. The van der Waals surface area contributed by atoms with Crippen LogP contribution in [-0.4, -0.2) is 33.5 Å². The lowest BCUT2D eigenvalue weighted by atomic mass is 10.0. The lowest BCUT2D eigenvalue weighted by Crippen LogP contribution is -2.11. The van der Waals surface area contributed by atoms with Crippen LogP contribution in [0.3, 0.4) is 0 Å². The van der Waals surface area contributed by atoms with Crippen molar-refractivity contribution in [2.45, 2.75) is 110 Å². The predicted octanol–water partition coefficient (Wildman–Crippen LogP) is 6.74. The summed E-state index contributed by atoms with van der Waals surface area (Å²) in [5.41, 5.74) is 0. The average Bonchev–Trinajstić information content (AvgIpc) is 2.62. The van der Waals surface area contributed by atoms with Crippen LogP contribution in [0.1, 0.15) is 110 Å². The number of hydrogen-bond donors (Lipinski definition) is 1. The third-order valence-electron chi connectivity index (χ3n) is 4.68. The Bertz CT molecular complexity index is 397. The van der Waals surface area contributed by atoms with Gasteiger partial charge in [0.05, 0.1) is 12.5 Å². The maximum Gasteiger partial charge on any atom is 0.400 e. The molecule has 0 aromatic carbocycles. The molecule has 166 valence electrons. The van der Waals surface area contributed by atoms with Crippen LogP contribution >= 0.6 is 10.9 Å². The molecule has 0 saturated heterocycles. The number of hydrogen-bond acceptors (Lipinski definition) is 4. The standard InChI is InChI=1S/C21H46O4S2/c1-4-5-6-7-8-9-10-11-12-13-14-15-16-17-18-19-20-24-27(22,23)25-21-26(2)3/h26H,4-21H2,1-3H3. The molecule has 0 radical (unpaired) electrons. The average molecular weight is 427 g/mol. The summed E-state index contributed by atoms with van der Waals surface area (Å²) in [4.78, 5) is 0. The number of thiol groups is 1. The summed E-state index contributed by atoms with van der Waals surface area (Å²) < 4.78 is 32.6. The van der Waals surface area contributed by atoms with E-state index in [0.717, 1.165) is 19.3 Å². The van der Waals surface area contributed by atoms with Gasteiger partial charge in [0, 0.05) is 0 Å². The Morgan fingerprint density at radius 2 is 0.963 bits per heavy atom. The first-order valence-electron chi connectivity index (χ1n) is 11.2. The molecule has 4 nitrogen and oxygen atoms in total. The Balaban J connectivity index is 3.21. The molecule has 0 rings (SSSR count). The van der Waals surface area contributed by atoms with Gasteiger partial charge in [-0.3, -0.25) is 0 Å². The van der Waals surface area contributed by atoms with E-state index < -0.39 is 10.4 Å². The summed E-state index contributed by atoms with van der Waals surface area (Å²) >= 11 is 0. The van der Waals surface area contributed by atoms with E-state index in [1.54, 1.807) is 0 Å². The summed E-state index contributed by atoms with van der Waals surface area (Å²) in [5, 5.41) is 0. The highest BCUT2D eigenvalue weighted by Crippen LogP contribution is 2.16. The van der Waals surface area contributed by atoms with E-state index in [4.69, 9.17) is 8.37 Å². The largest absolute Gasteiger partial charge is 0.400 e. The van der Waals surface area contributed by atoms with Gasteiger partial charge in [0.2, 0.25) is 0 Å². The van der Waals surface area contributed by atoms with Gasteiger partial charge >= 0.3 is 10.4 Å². The maximum absolute atomic E-state index is 11.5. The Kier molecular flexibility index (Phi) is 19.7. The minimum atomic E-state index is -3.78. The second-order valence-corrected chi connectivity index (χ2v) is 11.6. The maximum atomic E-state index is 11.5. The van der Waals surface area contributed by atoms with Crippen molar-refractivity contribution in [1.29, 1.82) is 0 Å². The van der Waals surface area contributed by atoms with Gasteiger partial charge in [0.1, 0.15) is 0 Å². The minimum Gasteiger partial charge on any atom is -0.248 e. The van der Waals surface area contributed by atoms with Crippen LogP contribution in [0.15, 0.2) is 0 Å². The second kappa shape index (κ2) is 19.5. The van der Waals surface area contributed by atoms with Crippen LogP contribution in [0, 0.1) is 0 Å². The smallest absolute Gasteiger partial charge is 0.248 e. The zero-order valence-corrected chi connectivity index (χ0v) is 19.9. The molecule has 0 unspecified atom stereocenters. The van der Waals surface area contributed by atoms with Crippen molar-refractivity contribution in [3.8, 4) is 0 Å². The summed E-state index contributed by atoms with van der Waals surface area (Å²) in [5.74, 6) is 0.247. The summed E-state index contributed by atoms with van der Waals surface area (Å²) in [6, 6.07) is 0. The Labute approximate surface area is 172 Å². The highest BCUT2D eigenvalue weighted by atomic mass is 32.3. The fraction of sp³-hybridized carbons (Fsp3) is 1.00. The van der Waals surface area contributed by atoms with Gasteiger partial charge in [-0.15, -0.1) is 0 Å². The Hall–Kier alpha value is 0.220. The Morgan fingerprint density at radius 3 is 1.33 bits per heavy atom. The molecule has 0 aromatic rings. The third-order valence-corrected chi connectivity index (χ3v) is 6.36. The van der Waals surface area contributed by atoms with E-state index in [1.807, 2.05) is 12.5 Å². The van der Waals surface area contributed by atoms with Gasteiger partial charge in [0.15, 0.2) is 0 Å². The van der Waals surface area contributed by atoms with Crippen molar-refractivity contribution < 1.29 is 16.8 Å². The molecule has 0 fully saturated rings. The number of rotatable bonds is 21. The van der Waals surface area contributed by atoms with Gasteiger partial charge in [-0.25, -0.2) is 19.3 Å². The van der Waals surface area contributed by atoms with E-state index in [1.165, 1.54) is 83.5 Å². The normalized spacial score (nSPS) is 12.5. The molecule has 6 heteroatoms. The van der Waals surface area contributed by atoms with Gasteiger partial charge in [-0.05, 0) is 18.9 Å². The van der Waals surface area contributed by atoms with Crippen molar-refractivity contribution in [1.82, 2.24) is 0 Å². The zero-order chi connectivity index (χ0) is 20.2. The van der Waals surface area contributed by atoms with Crippen molar-refractivity contribution in [3.63, 3.8) is 0 Å². The van der Waals surface area contributed by atoms with E-state index in [0.29, 0.717) is 0 Å². The molecule has 0 bridgehead atoms. The van der Waals surface area contributed by atoms with Gasteiger partial charge in [-0.2, -0.15) is 8.42 Å². The molecule has 0 spiro atoms.